The predicted octanol–water partition coefficient (Wildman–Crippen LogP) is 3.47. The van der Waals surface area contributed by atoms with E-state index in [1.165, 1.54) is 6.26 Å². The van der Waals surface area contributed by atoms with Gasteiger partial charge in [0.2, 0.25) is 10.0 Å². The topological polar surface area (TPSA) is 68.2 Å². The van der Waals surface area contributed by atoms with Crippen LogP contribution in [-0.2, 0) is 22.9 Å². The van der Waals surface area contributed by atoms with Crippen LogP contribution in [0.2, 0.25) is 0 Å². The van der Waals surface area contributed by atoms with Crippen molar-refractivity contribution in [3.05, 3.63) is 93.9 Å². The number of hydrogen-bond acceptors (Lipinski definition) is 3. The predicted molar refractivity (Wildman–Crippen MR) is 120 cm³/mol. The molecule has 0 saturated carbocycles. The number of sulfonamides is 1. The number of aryl methyl sites for hydroxylation is 2. The molecular formula is C24H26N2O3S. The molecule has 0 fully saturated rings. The summed E-state index contributed by atoms with van der Waals surface area (Å²) in [5.41, 5.74) is 5.13. The molecule has 0 bridgehead atoms. The van der Waals surface area contributed by atoms with Crippen LogP contribution in [0.3, 0.4) is 0 Å². The standard InChI is InChI=1S/C24H26N2O3S/c1-17-13-21-11-12-22(25-30(2,28)29)23(26(21)24(27)14-17)16-18-7-6-10-20(15-18)19-8-4-3-5-9-19/h3-10,13-15,22-23,25H,11-12,16H2,1-2H3/t22-,23-/m0/s1. The van der Waals surface area contributed by atoms with Crippen LogP contribution in [0.1, 0.15) is 29.3 Å². The number of nitrogens with zero attached hydrogens (tertiary/aromatic N) is 1. The van der Waals surface area contributed by atoms with Crippen LogP contribution in [0.5, 0.6) is 0 Å². The van der Waals surface area contributed by atoms with Gasteiger partial charge in [-0.15, -0.1) is 0 Å². The highest BCUT2D eigenvalue weighted by Gasteiger charge is 2.32. The number of aromatic nitrogens is 1. The molecule has 3 aromatic rings. The monoisotopic (exact) mass is 422 g/mol. The van der Waals surface area contributed by atoms with Crippen LogP contribution in [0.15, 0.2) is 71.5 Å². The Morgan fingerprint density at radius 1 is 1.00 bits per heavy atom. The average molecular weight is 423 g/mol. The lowest BCUT2D eigenvalue weighted by Crippen LogP contribution is -2.48. The molecule has 0 radical (unpaired) electrons. The maximum atomic E-state index is 12.9. The van der Waals surface area contributed by atoms with E-state index in [0.717, 1.165) is 27.9 Å². The lowest BCUT2D eigenvalue weighted by atomic mass is 9.90. The number of benzene rings is 2. The Labute approximate surface area is 177 Å². The third kappa shape index (κ3) is 4.55. The SMILES string of the molecule is Cc1cc2n(c(=O)c1)[C@@H](Cc1cccc(-c3ccccc3)c1)[C@@H](NS(C)(=O)=O)CC2. The minimum atomic E-state index is -3.39. The van der Waals surface area contributed by atoms with Crippen LogP contribution < -0.4 is 10.3 Å². The molecule has 6 heteroatoms. The van der Waals surface area contributed by atoms with E-state index in [4.69, 9.17) is 0 Å². The third-order valence-electron chi connectivity index (χ3n) is 5.64. The minimum absolute atomic E-state index is 0.0748. The molecule has 0 spiro atoms. The van der Waals surface area contributed by atoms with E-state index in [2.05, 4.69) is 29.0 Å². The van der Waals surface area contributed by atoms with Crippen LogP contribution in [0.4, 0.5) is 0 Å². The lowest BCUT2D eigenvalue weighted by molar-refractivity contribution is 0.315. The van der Waals surface area contributed by atoms with Crippen LogP contribution in [0.25, 0.3) is 11.1 Å². The van der Waals surface area contributed by atoms with Crippen molar-refractivity contribution in [1.82, 2.24) is 9.29 Å². The van der Waals surface area contributed by atoms with Gasteiger partial charge in [0.05, 0.1) is 12.3 Å². The number of nitrogens with one attached hydrogen (secondary N) is 1. The van der Waals surface area contributed by atoms with Gasteiger partial charge in [0.15, 0.2) is 0 Å². The first-order valence-corrected chi connectivity index (χ1v) is 12.0. The molecule has 2 aromatic carbocycles. The second-order valence-electron chi connectivity index (χ2n) is 8.11. The van der Waals surface area contributed by atoms with Crippen molar-refractivity contribution in [1.29, 1.82) is 0 Å². The highest BCUT2D eigenvalue weighted by atomic mass is 32.2. The second kappa shape index (κ2) is 8.20. The molecule has 5 nitrogen and oxygen atoms in total. The molecule has 0 amide bonds. The summed E-state index contributed by atoms with van der Waals surface area (Å²) in [6.45, 7) is 1.92. The highest BCUT2D eigenvalue weighted by molar-refractivity contribution is 7.88. The average Bonchev–Trinajstić information content (AvgIpc) is 2.69. The zero-order chi connectivity index (χ0) is 21.3. The minimum Gasteiger partial charge on any atom is -0.308 e. The first-order valence-electron chi connectivity index (χ1n) is 10.1. The lowest BCUT2D eigenvalue weighted by Gasteiger charge is -2.35. The number of fused-ring (bicyclic) bond motifs is 1. The van der Waals surface area contributed by atoms with Gasteiger partial charge in [-0.3, -0.25) is 4.79 Å². The van der Waals surface area contributed by atoms with Crippen molar-refractivity contribution in [2.45, 2.75) is 38.3 Å². The molecule has 4 rings (SSSR count). The zero-order valence-electron chi connectivity index (χ0n) is 17.2. The van der Waals surface area contributed by atoms with E-state index in [-0.39, 0.29) is 17.6 Å². The van der Waals surface area contributed by atoms with E-state index in [1.54, 1.807) is 10.6 Å². The van der Waals surface area contributed by atoms with Gasteiger partial charge in [-0.2, -0.15) is 0 Å². The molecular weight excluding hydrogens is 396 g/mol. The molecule has 2 heterocycles. The first kappa shape index (κ1) is 20.6. The van der Waals surface area contributed by atoms with Gasteiger partial charge in [-0.25, -0.2) is 13.1 Å². The van der Waals surface area contributed by atoms with Crippen LogP contribution in [0, 0.1) is 6.92 Å². The normalized spacial score (nSPS) is 18.7. The Balaban J connectivity index is 1.74. The van der Waals surface area contributed by atoms with Crippen molar-refractivity contribution < 1.29 is 8.42 Å². The largest absolute Gasteiger partial charge is 0.308 e. The highest BCUT2D eigenvalue weighted by Crippen LogP contribution is 2.29. The number of rotatable bonds is 5. The summed E-state index contributed by atoms with van der Waals surface area (Å²) in [6, 6.07) is 21.4. The van der Waals surface area contributed by atoms with E-state index < -0.39 is 10.0 Å². The Morgan fingerprint density at radius 2 is 1.73 bits per heavy atom. The molecule has 0 aliphatic carbocycles. The van der Waals surface area contributed by atoms with Crippen molar-refractivity contribution in [2.75, 3.05) is 6.26 Å². The Kier molecular flexibility index (Phi) is 5.62. The van der Waals surface area contributed by atoms with E-state index in [9.17, 15) is 13.2 Å². The molecule has 1 aromatic heterocycles. The maximum absolute atomic E-state index is 12.9. The van der Waals surface area contributed by atoms with E-state index in [1.807, 2.05) is 43.3 Å². The zero-order valence-corrected chi connectivity index (χ0v) is 18.0. The van der Waals surface area contributed by atoms with Gasteiger partial charge in [0.25, 0.3) is 5.56 Å². The maximum Gasteiger partial charge on any atom is 0.251 e. The quantitative estimate of drug-likeness (QED) is 0.685. The van der Waals surface area contributed by atoms with Gasteiger partial charge in [-0.05, 0) is 54.5 Å². The molecule has 1 N–H and O–H groups in total. The first-order chi connectivity index (χ1) is 14.3. The summed E-state index contributed by atoms with van der Waals surface area (Å²) in [5, 5.41) is 0. The van der Waals surface area contributed by atoms with Crippen LogP contribution in [-0.4, -0.2) is 25.3 Å². The fourth-order valence-electron chi connectivity index (χ4n) is 4.42. The van der Waals surface area contributed by atoms with E-state index >= 15 is 0 Å². The molecule has 156 valence electrons. The second-order valence-corrected chi connectivity index (χ2v) is 9.89. The number of hydrogen-bond donors (Lipinski definition) is 1. The molecule has 30 heavy (non-hydrogen) atoms. The Morgan fingerprint density at radius 3 is 2.47 bits per heavy atom. The Bertz CT molecular complexity index is 1220. The summed E-state index contributed by atoms with van der Waals surface area (Å²) in [7, 11) is -3.39. The van der Waals surface area contributed by atoms with E-state index in [0.29, 0.717) is 19.3 Å². The van der Waals surface area contributed by atoms with Gasteiger partial charge in [0, 0.05) is 17.8 Å². The smallest absolute Gasteiger partial charge is 0.251 e. The summed E-state index contributed by atoms with van der Waals surface area (Å²) in [4.78, 5) is 12.9. The Hall–Kier alpha value is -2.70. The van der Waals surface area contributed by atoms with Gasteiger partial charge in [0.1, 0.15) is 0 Å². The summed E-state index contributed by atoms with van der Waals surface area (Å²) in [6.07, 6.45) is 3.08. The van der Waals surface area contributed by atoms with Crippen molar-refractivity contribution >= 4 is 10.0 Å². The summed E-state index contributed by atoms with van der Waals surface area (Å²) in [5.74, 6) is 0. The van der Waals surface area contributed by atoms with Gasteiger partial charge < -0.3 is 4.57 Å². The summed E-state index contributed by atoms with van der Waals surface area (Å²) < 4.78 is 28.5. The third-order valence-corrected chi connectivity index (χ3v) is 6.38. The fraction of sp³-hybridized carbons (Fsp3) is 0.292. The van der Waals surface area contributed by atoms with Gasteiger partial charge >= 0.3 is 0 Å². The molecule has 1 aliphatic rings. The van der Waals surface area contributed by atoms with Crippen molar-refractivity contribution in [2.24, 2.45) is 0 Å². The summed E-state index contributed by atoms with van der Waals surface area (Å²) >= 11 is 0. The molecule has 0 unspecified atom stereocenters. The van der Waals surface area contributed by atoms with Gasteiger partial charge in [-0.1, -0.05) is 54.6 Å². The number of pyridine rings is 1. The molecule has 1 aliphatic heterocycles. The van der Waals surface area contributed by atoms with Crippen molar-refractivity contribution in [3.63, 3.8) is 0 Å². The van der Waals surface area contributed by atoms with Crippen molar-refractivity contribution in [3.8, 4) is 11.1 Å². The van der Waals surface area contributed by atoms with Crippen LogP contribution >= 0.6 is 0 Å². The fourth-order valence-corrected chi connectivity index (χ4v) is 5.25. The molecule has 0 saturated heterocycles. The molecule has 2 atom stereocenters.